The van der Waals surface area contributed by atoms with Crippen LogP contribution in [0, 0.1) is 0 Å². The summed E-state index contributed by atoms with van der Waals surface area (Å²) in [5.41, 5.74) is -0.815. The van der Waals surface area contributed by atoms with Gasteiger partial charge < -0.3 is 10.1 Å². The Morgan fingerprint density at radius 3 is 2.25 bits per heavy atom. The molecule has 0 bridgehead atoms. The van der Waals surface area contributed by atoms with Crippen molar-refractivity contribution in [1.82, 2.24) is 0 Å². The number of benzene rings is 1. The van der Waals surface area contributed by atoms with Gasteiger partial charge in [-0.05, 0) is 31.2 Å². The predicted molar refractivity (Wildman–Crippen MR) is 73.6 cm³/mol. The third kappa shape index (κ3) is 2.56. The lowest BCUT2D eigenvalue weighted by atomic mass is 10.2. The molecule has 0 heterocycles. The van der Waals surface area contributed by atoms with E-state index in [9.17, 15) is 18.0 Å². The van der Waals surface area contributed by atoms with Gasteiger partial charge in [0, 0.05) is 5.69 Å². The Labute approximate surface area is 114 Å². The Balaban J connectivity index is 2.26. The molecule has 8 heteroatoms. The van der Waals surface area contributed by atoms with Crippen LogP contribution in [0.3, 0.4) is 0 Å². The average Bonchev–Trinajstić information content (AvgIpc) is 2.42. The van der Waals surface area contributed by atoms with Gasteiger partial charge in [-0.1, -0.05) is 0 Å². The van der Waals surface area contributed by atoms with E-state index in [1.807, 2.05) is 0 Å². The topological polar surface area (TPSA) is 116 Å². The zero-order valence-corrected chi connectivity index (χ0v) is 11.4. The number of hydrogen-bond acceptors (Lipinski definition) is 6. The number of anilines is 2. The number of sulfonamides is 1. The molecule has 0 aliphatic carbocycles. The molecule has 0 amide bonds. The summed E-state index contributed by atoms with van der Waals surface area (Å²) < 4.78 is 27.2. The van der Waals surface area contributed by atoms with Crippen LogP contribution in [0.5, 0.6) is 5.75 Å². The minimum Gasteiger partial charge on any atom is -0.488 e. The monoisotopic (exact) mass is 296 g/mol. The van der Waals surface area contributed by atoms with Crippen molar-refractivity contribution in [1.29, 1.82) is 0 Å². The van der Waals surface area contributed by atoms with Gasteiger partial charge in [-0.25, -0.2) is 13.6 Å². The average molecular weight is 296 g/mol. The van der Waals surface area contributed by atoms with Gasteiger partial charge in [0.1, 0.15) is 5.69 Å². The Bertz CT molecular complexity index is 801. The molecule has 0 saturated heterocycles. The maximum Gasteiger partial charge on any atom is 0.272 e. The minimum absolute atomic E-state index is 0.00646. The van der Waals surface area contributed by atoms with Crippen molar-refractivity contribution >= 4 is 21.4 Å². The smallest absolute Gasteiger partial charge is 0.272 e. The molecular formula is C12H12N2O5S. The number of nitrogens with two attached hydrogens (primary N) is 1. The maximum absolute atomic E-state index is 11.4. The van der Waals surface area contributed by atoms with Crippen molar-refractivity contribution in [2.45, 2.75) is 11.8 Å². The fourth-order valence-corrected chi connectivity index (χ4v) is 2.15. The minimum atomic E-state index is -3.76. The van der Waals surface area contributed by atoms with E-state index in [1.165, 1.54) is 24.3 Å². The van der Waals surface area contributed by atoms with Gasteiger partial charge >= 0.3 is 0 Å². The van der Waals surface area contributed by atoms with Gasteiger partial charge in [-0.15, -0.1) is 0 Å². The molecule has 3 N–H and O–H groups in total. The van der Waals surface area contributed by atoms with E-state index in [-0.39, 0.29) is 22.9 Å². The van der Waals surface area contributed by atoms with Gasteiger partial charge in [-0.2, -0.15) is 0 Å². The second kappa shape index (κ2) is 5.06. The van der Waals surface area contributed by atoms with Crippen molar-refractivity contribution in [3.63, 3.8) is 0 Å². The summed E-state index contributed by atoms with van der Waals surface area (Å²) in [6.45, 7) is 1.96. The second-order valence-electron chi connectivity index (χ2n) is 3.99. The highest BCUT2D eigenvalue weighted by molar-refractivity contribution is 7.89. The molecule has 0 aliphatic heterocycles. The van der Waals surface area contributed by atoms with Gasteiger partial charge in [-0.3, -0.25) is 9.59 Å². The van der Waals surface area contributed by atoms with Crippen LogP contribution in [0.2, 0.25) is 0 Å². The lowest BCUT2D eigenvalue weighted by Crippen LogP contribution is -2.35. The second-order valence-corrected chi connectivity index (χ2v) is 5.55. The van der Waals surface area contributed by atoms with Gasteiger partial charge in [0.2, 0.25) is 10.0 Å². The van der Waals surface area contributed by atoms with E-state index < -0.39 is 20.9 Å². The highest BCUT2D eigenvalue weighted by Gasteiger charge is 2.22. The summed E-state index contributed by atoms with van der Waals surface area (Å²) in [7, 11) is -3.76. The first-order valence-electron chi connectivity index (χ1n) is 5.70. The summed E-state index contributed by atoms with van der Waals surface area (Å²) in [6, 6.07) is 5.46. The van der Waals surface area contributed by atoms with Crippen molar-refractivity contribution in [3.8, 4) is 5.75 Å². The summed E-state index contributed by atoms with van der Waals surface area (Å²) in [6.07, 6.45) is 0. The molecule has 20 heavy (non-hydrogen) atoms. The zero-order chi connectivity index (χ0) is 14.9. The molecule has 2 rings (SSSR count). The molecule has 0 aromatic heterocycles. The van der Waals surface area contributed by atoms with Crippen LogP contribution in [0.15, 0.2) is 38.8 Å². The van der Waals surface area contributed by atoms with Crippen LogP contribution in [-0.2, 0) is 10.0 Å². The third-order valence-corrected chi connectivity index (χ3v) is 3.54. The highest BCUT2D eigenvalue weighted by Crippen LogP contribution is 2.23. The Kier molecular flexibility index (Phi) is 3.60. The van der Waals surface area contributed by atoms with Crippen molar-refractivity contribution < 1.29 is 13.2 Å². The zero-order valence-electron chi connectivity index (χ0n) is 10.5. The lowest BCUT2D eigenvalue weighted by Gasteiger charge is -2.13. The maximum atomic E-state index is 11.4. The molecule has 0 spiro atoms. The first kappa shape index (κ1) is 14.2. The summed E-state index contributed by atoms with van der Waals surface area (Å²) in [4.78, 5) is 22.6. The third-order valence-electron chi connectivity index (χ3n) is 2.61. The Morgan fingerprint density at radius 1 is 1.15 bits per heavy atom. The van der Waals surface area contributed by atoms with Gasteiger partial charge in [0.15, 0.2) is 5.75 Å². The van der Waals surface area contributed by atoms with Gasteiger partial charge in [0.25, 0.3) is 10.9 Å². The molecule has 0 fully saturated rings. The number of rotatable bonds is 5. The quantitative estimate of drug-likeness (QED) is 0.754. The van der Waals surface area contributed by atoms with Crippen molar-refractivity contribution in [3.05, 3.63) is 44.7 Å². The van der Waals surface area contributed by atoms with Crippen LogP contribution in [0.25, 0.3) is 0 Å². The standard InChI is InChI=1S/C12H12N2O5S/c1-2-19-12-9(10(15)11(12)16)14-7-3-5-8(6-4-7)20(13,17)18/h3-6,14H,2H2,1H3,(H2,13,17,18). The SMILES string of the molecule is CCOc1c(Nc2ccc(S(N)(=O)=O)cc2)c(=O)c1=O. The highest BCUT2D eigenvalue weighted by atomic mass is 32.2. The number of ether oxygens (including phenoxy) is 1. The van der Waals surface area contributed by atoms with Crippen LogP contribution < -0.4 is 26.1 Å². The van der Waals surface area contributed by atoms with E-state index in [4.69, 9.17) is 9.88 Å². The molecule has 0 saturated carbocycles. The summed E-state index contributed by atoms with van der Waals surface area (Å²) >= 11 is 0. The van der Waals surface area contributed by atoms with E-state index in [1.54, 1.807) is 6.92 Å². The molecule has 106 valence electrons. The lowest BCUT2D eigenvalue weighted by molar-refractivity contribution is 0.335. The van der Waals surface area contributed by atoms with Crippen molar-refractivity contribution in [2.75, 3.05) is 11.9 Å². The molecule has 0 unspecified atom stereocenters. The molecule has 0 radical (unpaired) electrons. The van der Waals surface area contributed by atoms with E-state index in [2.05, 4.69) is 5.32 Å². The molecule has 7 nitrogen and oxygen atoms in total. The van der Waals surface area contributed by atoms with Gasteiger partial charge in [0.05, 0.1) is 11.5 Å². The number of hydrogen-bond donors (Lipinski definition) is 2. The van der Waals surface area contributed by atoms with E-state index in [0.29, 0.717) is 5.69 Å². The molecular weight excluding hydrogens is 284 g/mol. The fourth-order valence-electron chi connectivity index (χ4n) is 1.64. The predicted octanol–water partition coefficient (Wildman–Crippen LogP) is 0.0723. The van der Waals surface area contributed by atoms with E-state index >= 15 is 0 Å². The van der Waals surface area contributed by atoms with Crippen LogP contribution in [-0.4, -0.2) is 15.0 Å². The largest absolute Gasteiger partial charge is 0.488 e. The first-order chi connectivity index (χ1) is 9.34. The Morgan fingerprint density at radius 2 is 1.75 bits per heavy atom. The van der Waals surface area contributed by atoms with E-state index in [0.717, 1.165) is 0 Å². The molecule has 2 aromatic rings. The van der Waals surface area contributed by atoms with Crippen LogP contribution in [0.4, 0.5) is 11.4 Å². The summed E-state index contributed by atoms with van der Waals surface area (Å²) in [5.74, 6) is -0.00646. The number of nitrogens with one attached hydrogen (secondary N) is 1. The molecule has 0 atom stereocenters. The molecule has 2 aromatic carbocycles. The summed E-state index contributed by atoms with van der Waals surface area (Å²) in [5, 5.41) is 7.69. The Hall–Kier alpha value is -2.19. The number of primary sulfonamides is 1. The van der Waals surface area contributed by atoms with Crippen LogP contribution >= 0.6 is 0 Å². The normalized spacial score (nSPS) is 11.5. The van der Waals surface area contributed by atoms with Crippen LogP contribution in [0.1, 0.15) is 6.92 Å². The fraction of sp³-hybridized carbons (Fsp3) is 0.167. The first-order valence-corrected chi connectivity index (χ1v) is 7.25. The molecule has 0 aliphatic rings. The van der Waals surface area contributed by atoms with Crippen molar-refractivity contribution in [2.24, 2.45) is 5.14 Å².